The highest BCUT2D eigenvalue weighted by molar-refractivity contribution is 14.1. The lowest BCUT2D eigenvalue weighted by Crippen LogP contribution is -2.35. The van der Waals surface area contributed by atoms with Gasteiger partial charge in [0.1, 0.15) is 5.75 Å². The molecule has 1 aliphatic rings. The molecule has 0 aliphatic carbocycles. The van der Waals surface area contributed by atoms with Crippen LogP contribution >= 0.6 is 22.6 Å². The zero-order chi connectivity index (χ0) is 15.1. The second-order valence-corrected chi connectivity index (χ2v) is 6.44. The number of nitrogens with zero attached hydrogens (tertiary/aromatic N) is 1. The Morgan fingerprint density at radius 2 is 2.10 bits per heavy atom. The molecule has 3 rings (SSSR count). The maximum absolute atomic E-state index is 12.7. The molecule has 5 heteroatoms. The van der Waals surface area contributed by atoms with Crippen molar-refractivity contribution in [2.45, 2.75) is 19.4 Å². The van der Waals surface area contributed by atoms with Crippen molar-refractivity contribution in [3.8, 4) is 5.75 Å². The highest BCUT2D eigenvalue weighted by Crippen LogP contribution is 2.35. The fourth-order valence-corrected chi connectivity index (χ4v) is 3.08. The van der Waals surface area contributed by atoms with Gasteiger partial charge in [-0.1, -0.05) is 0 Å². The van der Waals surface area contributed by atoms with Crippen molar-refractivity contribution in [1.82, 2.24) is 0 Å². The Morgan fingerprint density at radius 1 is 1.33 bits per heavy atom. The maximum Gasteiger partial charge on any atom is 0.258 e. The summed E-state index contributed by atoms with van der Waals surface area (Å²) in [5, 5.41) is 9.79. The predicted octanol–water partition coefficient (Wildman–Crippen LogP) is 3.17. The summed E-state index contributed by atoms with van der Waals surface area (Å²) in [5.41, 5.74) is 9.00. The van der Waals surface area contributed by atoms with E-state index in [1.54, 1.807) is 17.0 Å². The Kier molecular flexibility index (Phi) is 3.52. The molecule has 1 amide bonds. The number of amides is 1. The number of fused-ring (bicyclic) bond motifs is 1. The summed E-state index contributed by atoms with van der Waals surface area (Å²) in [6.07, 6.45) is 0.794. The third-order valence-electron chi connectivity index (χ3n) is 3.73. The second kappa shape index (κ2) is 5.22. The second-order valence-electron chi connectivity index (χ2n) is 5.28. The molecule has 0 saturated carbocycles. The number of hydrogen-bond acceptors (Lipinski definition) is 3. The number of hydrogen-bond donors (Lipinski definition) is 2. The van der Waals surface area contributed by atoms with Crippen LogP contribution in [0, 0.1) is 3.57 Å². The van der Waals surface area contributed by atoms with Crippen molar-refractivity contribution >= 4 is 39.9 Å². The maximum atomic E-state index is 12.7. The Morgan fingerprint density at radius 3 is 2.81 bits per heavy atom. The van der Waals surface area contributed by atoms with E-state index in [1.807, 2.05) is 47.7 Å². The number of nitrogens with two attached hydrogens (primary N) is 1. The molecule has 21 heavy (non-hydrogen) atoms. The largest absolute Gasteiger partial charge is 0.507 e. The van der Waals surface area contributed by atoms with Crippen LogP contribution in [0.3, 0.4) is 0 Å². The molecule has 108 valence electrons. The summed E-state index contributed by atoms with van der Waals surface area (Å²) in [4.78, 5) is 14.5. The van der Waals surface area contributed by atoms with Crippen LogP contribution in [0.15, 0.2) is 36.4 Å². The first kappa shape index (κ1) is 14.2. The van der Waals surface area contributed by atoms with Gasteiger partial charge in [0.05, 0.1) is 3.57 Å². The average molecular weight is 394 g/mol. The normalized spacial score (nSPS) is 16.9. The first-order chi connectivity index (χ1) is 9.97. The Bertz CT molecular complexity index is 730. The minimum Gasteiger partial charge on any atom is -0.507 e. The molecule has 0 spiro atoms. The van der Waals surface area contributed by atoms with E-state index in [1.165, 1.54) is 6.07 Å². The van der Waals surface area contributed by atoms with Crippen LogP contribution in [0.2, 0.25) is 0 Å². The Balaban J connectivity index is 2.00. The molecular formula is C16H15IN2O2. The van der Waals surface area contributed by atoms with Gasteiger partial charge in [-0.15, -0.1) is 0 Å². The molecule has 1 atom stereocenters. The van der Waals surface area contributed by atoms with Crippen LogP contribution < -0.4 is 10.6 Å². The number of anilines is 2. The summed E-state index contributed by atoms with van der Waals surface area (Å²) < 4.78 is 0.729. The molecule has 0 bridgehead atoms. The fourth-order valence-electron chi connectivity index (χ4n) is 2.75. The van der Waals surface area contributed by atoms with Crippen LogP contribution in [0.25, 0.3) is 0 Å². The lowest BCUT2D eigenvalue weighted by atomic mass is 10.1. The van der Waals surface area contributed by atoms with Gasteiger partial charge in [0.25, 0.3) is 5.91 Å². The zero-order valence-corrected chi connectivity index (χ0v) is 13.7. The quantitative estimate of drug-likeness (QED) is 0.577. The number of carbonyl (C=O) groups is 1. The smallest absolute Gasteiger partial charge is 0.258 e. The number of phenols is 1. The van der Waals surface area contributed by atoms with Gasteiger partial charge in [-0.3, -0.25) is 4.79 Å². The third-order valence-corrected chi connectivity index (χ3v) is 4.64. The molecule has 3 N–H and O–H groups in total. The number of rotatable bonds is 1. The molecular weight excluding hydrogens is 379 g/mol. The van der Waals surface area contributed by atoms with Crippen LogP contribution in [0.4, 0.5) is 11.4 Å². The zero-order valence-electron chi connectivity index (χ0n) is 11.5. The van der Waals surface area contributed by atoms with Gasteiger partial charge >= 0.3 is 0 Å². The molecule has 2 aromatic rings. The molecule has 0 aromatic heterocycles. The monoisotopic (exact) mass is 394 g/mol. The van der Waals surface area contributed by atoms with E-state index in [9.17, 15) is 9.90 Å². The van der Waals surface area contributed by atoms with Crippen molar-refractivity contribution in [3.63, 3.8) is 0 Å². The first-order valence-corrected chi connectivity index (χ1v) is 7.75. The molecule has 0 radical (unpaired) electrons. The SMILES string of the molecule is CC1Cc2cc(N)ccc2N1C(=O)c1ccc(I)c(O)c1. The summed E-state index contributed by atoms with van der Waals surface area (Å²) in [7, 11) is 0. The lowest BCUT2D eigenvalue weighted by molar-refractivity contribution is 0.0981. The molecule has 0 saturated heterocycles. The van der Waals surface area contributed by atoms with Crippen molar-refractivity contribution < 1.29 is 9.90 Å². The van der Waals surface area contributed by atoms with Gasteiger partial charge in [-0.2, -0.15) is 0 Å². The summed E-state index contributed by atoms with van der Waals surface area (Å²) >= 11 is 2.03. The minimum atomic E-state index is -0.0993. The van der Waals surface area contributed by atoms with Gasteiger partial charge in [0, 0.05) is 23.0 Å². The lowest BCUT2D eigenvalue weighted by Gasteiger charge is -2.23. The topological polar surface area (TPSA) is 66.6 Å². The van der Waals surface area contributed by atoms with Crippen molar-refractivity contribution in [1.29, 1.82) is 0 Å². The predicted molar refractivity (Wildman–Crippen MR) is 91.7 cm³/mol. The van der Waals surface area contributed by atoms with Gasteiger partial charge in [-0.05, 0) is 77.9 Å². The van der Waals surface area contributed by atoms with E-state index in [-0.39, 0.29) is 17.7 Å². The van der Waals surface area contributed by atoms with Crippen LogP contribution in [0.1, 0.15) is 22.8 Å². The molecule has 4 nitrogen and oxygen atoms in total. The molecule has 1 heterocycles. The Hall–Kier alpha value is -1.76. The molecule has 1 aliphatic heterocycles. The third kappa shape index (κ3) is 2.46. The molecule has 0 fully saturated rings. The standard InChI is InChI=1S/C16H15IN2O2/c1-9-6-11-7-12(18)3-5-14(11)19(9)16(21)10-2-4-13(17)15(20)8-10/h2-5,7-9,20H,6,18H2,1H3. The van der Waals surface area contributed by atoms with Crippen LogP contribution in [0.5, 0.6) is 5.75 Å². The number of halogens is 1. The highest BCUT2D eigenvalue weighted by atomic mass is 127. The average Bonchev–Trinajstić information content (AvgIpc) is 2.76. The van der Waals surface area contributed by atoms with Crippen molar-refractivity contribution in [2.75, 3.05) is 10.6 Å². The molecule has 1 unspecified atom stereocenters. The van der Waals surface area contributed by atoms with Crippen LogP contribution in [-0.4, -0.2) is 17.1 Å². The van der Waals surface area contributed by atoms with E-state index in [0.29, 0.717) is 11.3 Å². The van der Waals surface area contributed by atoms with E-state index >= 15 is 0 Å². The summed E-state index contributed by atoms with van der Waals surface area (Å²) in [5.74, 6) is 0.0311. The Labute approximate surface area is 136 Å². The summed E-state index contributed by atoms with van der Waals surface area (Å²) in [6, 6.07) is 10.7. The summed E-state index contributed by atoms with van der Waals surface area (Å²) in [6.45, 7) is 2.01. The number of phenolic OH excluding ortho intramolecular Hbond substituents is 1. The number of aromatic hydroxyl groups is 1. The van der Waals surface area contributed by atoms with Crippen molar-refractivity contribution in [2.24, 2.45) is 0 Å². The van der Waals surface area contributed by atoms with E-state index in [0.717, 1.165) is 21.2 Å². The highest BCUT2D eigenvalue weighted by Gasteiger charge is 2.31. The number of carbonyl (C=O) groups excluding carboxylic acids is 1. The van der Waals surface area contributed by atoms with Gasteiger partial charge in [-0.25, -0.2) is 0 Å². The van der Waals surface area contributed by atoms with Crippen molar-refractivity contribution in [3.05, 3.63) is 51.1 Å². The fraction of sp³-hybridized carbons (Fsp3) is 0.188. The number of benzene rings is 2. The van der Waals surface area contributed by atoms with E-state index in [2.05, 4.69) is 0 Å². The van der Waals surface area contributed by atoms with Gasteiger partial charge < -0.3 is 15.7 Å². The first-order valence-electron chi connectivity index (χ1n) is 6.68. The van der Waals surface area contributed by atoms with E-state index < -0.39 is 0 Å². The van der Waals surface area contributed by atoms with E-state index in [4.69, 9.17) is 5.73 Å². The molecule has 2 aromatic carbocycles. The van der Waals surface area contributed by atoms with Gasteiger partial charge in [0.2, 0.25) is 0 Å². The minimum absolute atomic E-state index is 0.0794. The number of nitrogen functional groups attached to an aromatic ring is 1. The van der Waals surface area contributed by atoms with Gasteiger partial charge in [0.15, 0.2) is 0 Å². The van der Waals surface area contributed by atoms with Crippen LogP contribution in [-0.2, 0) is 6.42 Å².